The molecule has 0 radical (unpaired) electrons. The Kier molecular flexibility index (Phi) is 5.35. The Labute approximate surface area is 143 Å². The maximum absolute atomic E-state index is 12.9. The van der Waals surface area contributed by atoms with Gasteiger partial charge in [-0.1, -0.05) is 12.1 Å². The maximum atomic E-state index is 12.9. The smallest absolute Gasteiger partial charge is 0.404 e. The van der Waals surface area contributed by atoms with E-state index >= 15 is 0 Å². The number of hydrogen-bond donors (Lipinski definition) is 2. The Hall–Kier alpha value is -2.97. The first-order valence-electron chi connectivity index (χ1n) is 7.82. The van der Waals surface area contributed by atoms with E-state index in [2.05, 4.69) is 5.32 Å². The molecule has 0 saturated heterocycles. The predicted octanol–water partition coefficient (Wildman–Crippen LogP) is 2.08. The van der Waals surface area contributed by atoms with Crippen LogP contribution in [0, 0.1) is 17.0 Å². The van der Waals surface area contributed by atoms with E-state index in [1.807, 2.05) is 0 Å². The molecule has 0 aromatic heterocycles. The first kappa shape index (κ1) is 18.4. The molecule has 0 heterocycles. The van der Waals surface area contributed by atoms with Gasteiger partial charge in [-0.3, -0.25) is 24.6 Å². The van der Waals surface area contributed by atoms with Crippen LogP contribution in [0.2, 0.25) is 0 Å². The second-order valence-electron chi connectivity index (χ2n) is 6.08. The van der Waals surface area contributed by atoms with Gasteiger partial charge in [0.05, 0.1) is 4.92 Å². The molecule has 9 heteroatoms. The van der Waals surface area contributed by atoms with Crippen molar-refractivity contribution in [3.8, 4) is 0 Å². The molecule has 1 atom stereocenters. The number of imide groups is 1. The summed E-state index contributed by atoms with van der Waals surface area (Å²) in [5.74, 6) is -1.26. The average molecular weight is 349 g/mol. The molecule has 1 unspecified atom stereocenters. The Morgan fingerprint density at radius 3 is 2.56 bits per heavy atom. The van der Waals surface area contributed by atoms with Gasteiger partial charge in [-0.25, -0.2) is 4.79 Å². The zero-order chi connectivity index (χ0) is 18.7. The lowest BCUT2D eigenvalue weighted by atomic mass is 10.0. The van der Waals surface area contributed by atoms with Crippen molar-refractivity contribution in [1.29, 1.82) is 0 Å². The van der Waals surface area contributed by atoms with Crippen LogP contribution < -0.4 is 5.32 Å². The Bertz CT molecular complexity index is 729. The van der Waals surface area contributed by atoms with Gasteiger partial charge >= 0.3 is 6.09 Å². The zero-order valence-electron chi connectivity index (χ0n) is 13.9. The number of benzene rings is 1. The number of nitro groups is 1. The summed E-state index contributed by atoms with van der Waals surface area (Å²) in [6, 6.07) is 3.31. The summed E-state index contributed by atoms with van der Waals surface area (Å²) in [5, 5.41) is 22.1. The fraction of sp³-hybridized carbons (Fsp3) is 0.438. The lowest BCUT2D eigenvalue weighted by molar-refractivity contribution is -0.385. The van der Waals surface area contributed by atoms with Gasteiger partial charge in [-0.05, 0) is 32.3 Å². The fourth-order valence-electron chi connectivity index (χ4n) is 2.64. The van der Waals surface area contributed by atoms with Crippen LogP contribution in [-0.2, 0) is 4.79 Å². The SMILES string of the molecule is Cc1cccc([N+](=O)[O-])c1C(=O)N(C(=O)CC(C)NC(=O)O)C1CC1. The molecule has 1 aromatic carbocycles. The third-order valence-corrected chi connectivity index (χ3v) is 3.91. The van der Waals surface area contributed by atoms with Crippen molar-refractivity contribution in [3.63, 3.8) is 0 Å². The average Bonchev–Trinajstić information content (AvgIpc) is 3.30. The molecule has 1 aliphatic rings. The number of nitrogens with zero attached hydrogens (tertiary/aromatic N) is 2. The number of carbonyl (C=O) groups excluding carboxylic acids is 2. The highest BCUT2D eigenvalue weighted by Crippen LogP contribution is 2.32. The van der Waals surface area contributed by atoms with Crippen molar-refractivity contribution in [2.45, 2.75) is 45.2 Å². The van der Waals surface area contributed by atoms with Gasteiger partial charge in [0.1, 0.15) is 5.56 Å². The first-order valence-corrected chi connectivity index (χ1v) is 7.82. The van der Waals surface area contributed by atoms with Crippen molar-refractivity contribution >= 4 is 23.6 Å². The van der Waals surface area contributed by atoms with Gasteiger partial charge < -0.3 is 10.4 Å². The minimum absolute atomic E-state index is 0.105. The van der Waals surface area contributed by atoms with Crippen LogP contribution in [0.5, 0.6) is 0 Å². The number of aryl methyl sites for hydroxylation is 1. The molecule has 1 saturated carbocycles. The van der Waals surface area contributed by atoms with Crippen LogP contribution >= 0.6 is 0 Å². The van der Waals surface area contributed by atoms with E-state index in [9.17, 15) is 24.5 Å². The highest BCUT2D eigenvalue weighted by atomic mass is 16.6. The van der Waals surface area contributed by atoms with Gasteiger partial charge in [-0.15, -0.1) is 0 Å². The van der Waals surface area contributed by atoms with E-state index < -0.39 is 28.9 Å². The largest absolute Gasteiger partial charge is 0.465 e. The number of nitrogens with one attached hydrogen (secondary N) is 1. The highest BCUT2D eigenvalue weighted by Gasteiger charge is 2.40. The monoisotopic (exact) mass is 349 g/mol. The molecule has 25 heavy (non-hydrogen) atoms. The van der Waals surface area contributed by atoms with Gasteiger partial charge in [0, 0.05) is 24.6 Å². The lowest BCUT2D eigenvalue weighted by Crippen LogP contribution is -2.43. The number of carboxylic acid groups (broad SMARTS) is 1. The summed E-state index contributed by atoms with van der Waals surface area (Å²) in [6.07, 6.45) is -0.191. The fourth-order valence-corrected chi connectivity index (χ4v) is 2.64. The summed E-state index contributed by atoms with van der Waals surface area (Å²) in [7, 11) is 0. The molecule has 0 bridgehead atoms. The summed E-state index contributed by atoms with van der Waals surface area (Å²) in [6.45, 7) is 3.09. The molecule has 0 spiro atoms. The number of rotatable bonds is 6. The molecule has 3 amide bonds. The van der Waals surface area contributed by atoms with Crippen molar-refractivity contribution in [1.82, 2.24) is 10.2 Å². The Balaban J connectivity index is 2.29. The topological polar surface area (TPSA) is 130 Å². The molecule has 134 valence electrons. The molecule has 2 N–H and O–H groups in total. The van der Waals surface area contributed by atoms with Crippen LogP contribution in [0.3, 0.4) is 0 Å². The van der Waals surface area contributed by atoms with Gasteiger partial charge in [0.25, 0.3) is 11.6 Å². The lowest BCUT2D eigenvalue weighted by Gasteiger charge is -2.23. The van der Waals surface area contributed by atoms with Crippen molar-refractivity contribution in [3.05, 3.63) is 39.4 Å². The predicted molar refractivity (Wildman–Crippen MR) is 87.3 cm³/mol. The quantitative estimate of drug-likeness (QED) is 0.597. The first-order chi connectivity index (χ1) is 11.7. The van der Waals surface area contributed by atoms with Gasteiger partial charge in [-0.2, -0.15) is 0 Å². The summed E-state index contributed by atoms with van der Waals surface area (Å²) < 4.78 is 0. The number of carbonyl (C=O) groups is 3. The second kappa shape index (κ2) is 7.29. The molecule has 2 rings (SSSR count). The minimum atomic E-state index is -1.26. The van der Waals surface area contributed by atoms with Crippen molar-refractivity contribution in [2.24, 2.45) is 0 Å². The van der Waals surface area contributed by atoms with Crippen LogP contribution in [-0.4, -0.2) is 44.9 Å². The van der Waals surface area contributed by atoms with Gasteiger partial charge in [0.2, 0.25) is 5.91 Å². The molecular weight excluding hydrogens is 330 g/mol. The Morgan fingerprint density at radius 1 is 1.40 bits per heavy atom. The van der Waals surface area contributed by atoms with Gasteiger partial charge in [0.15, 0.2) is 0 Å². The van der Waals surface area contributed by atoms with E-state index in [1.54, 1.807) is 13.0 Å². The maximum Gasteiger partial charge on any atom is 0.404 e. The molecular formula is C16H19N3O6. The molecule has 0 aliphatic heterocycles. The number of amides is 3. The zero-order valence-corrected chi connectivity index (χ0v) is 13.9. The third kappa shape index (κ3) is 4.31. The van der Waals surface area contributed by atoms with E-state index in [0.717, 1.165) is 4.90 Å². The number of hydrogen-bond acceptors (Lipinski definition) is 5. The van der Waals surface area contributed by atoms with E-state index in [0.29, 0.717) is 18.4 Å². The van der Waals surface area contributed by atoms with Crippen LogP contribution in [0.4, 0.5) is 10.5 Å². The Morgan fingerprint density at radius 2 is 2.04 bits per heavy atom. The third-order valence-electron chi connectivity index (χ3n) is 3.91. The standard InChI is InChI=1S/C16H19N3O6/c1-9-4-3-5-12(19(24)25)14(9)15(21)18(11-6-7-11)13(20)8-10(2)17-16(22)23/h3-5,10-11,17H,6-8H2,1-2H3,(H,22,23). The summed E-state index contributed by atoms with van der Waals surface area (Å²) >= 11 is 0. The van der Waals surface area contributed by atoms with Crippen molar-refractivity contribution < 1.29 is 24.4 Å². The van der Waals surface area contributed by atoms with E-state index in [1.165, 1.54) is 19.1 Å². The normalized spacial score (nSPS) is 14.5. The highest BCUT2D eigenvalue weighted by molar-refractivity contribution is 6.08. The van der Waals surface area contributed by atoms with E-state index in [-0.39, 0.29) is 23.7 Å². The minimum Gasteiger partial charge on any atom is -0.465 e. The molecule has 9 nitrogen and oxygen atoms in total. The molecule has 1 aliphatic carbocycles. The van der Waals surface area contributed by atoms with Crippen molar-refractivity contribution in [2.75, 3.05) is 0 Å². The number of nitro benzene ring substituents is 1. The summed E-state index contributed by atoms with van der Waals surface area (Å²) in [4.78, 5) is 47.7. The molecule has 1 fully saturated rings. The summed E-state index contributed by atoms with van der Waals surface area (Å²) in [5.41, 5.74) is -0.0406. The van der Waals surface area contributed by atoms with E-state index in [4.69, 9.17) is 5.11 Å². The van der Waals surface area contributed by atoms with Crippen LogP contribution in [0.1, 0.15) is 42.1 Å². The van der Waals surface area contributed by atoms with Crippen LogP contribution in [0.15, 0.2) is 18.2 Å². The second-order valence-corrected chi connectivity index (χ2v) is 6.08. The molecule has 1 aromatic rings. The van der Waals surface area contributed by atoms with Crippen LogP contribution in [0.25, 0.3) is 0 Å².